The Morgan fingerprint density at radius 3 is 2.78 bits per heavy atom. The van der Waals surface area contributed by atoms with Crippen molar-refractivity contribution in [1.82, 2.24) is 14.9 Å². The third-order valence-corrected chi connectivity index (χ3v) is 4.19. The van der Waals surface area contributed by atoms with E-state index in [2.05, 4.69) is 30.2 Å². The number of hydrogen-bond acceptors (Lipinski definition) is 3. The molecule has 0 saturated carbocycles. The normalized spacial score (nSPS) is 12.5. The molecule has 1 N–H and O–H groups in total. The van der Waals surface area contributed by atoms with E-state index in [0.29, 0.717) is 6.54 Å². The Hall–Kier alpha value is -2.46. The first-order valence-corrected chi connectivity index (χ1v) is 7.80. The van der Waals surface area contributed by atoms with Gasteiger partial charge in [-0.2, -0.15) is 0 Å². The maximum atomic E-state index is 12.5. The fourth-order valence-electron chi connectivity index (χ4n) is 2.78. The zero-order chi connectivity index (χ0) is 16.4. The lowest BCUT2D eigenvalue weighted by Gasteiger charge is -2.15. The smallest absolute Gasteiger partial charge is 0.255 e. The molecular weight excluding hydrogens is 286 g/mol. The second-order valence-corrected chi connectivity index (χ2v) is 5.95. The third-order valence-electron chi connectivity index (χ3n) is 4.19. The molecule has 0 amide bonds. The van der Waals surface area contributed by atoms with Gasteiger partial charge in [0, 0.05) is 31.4 Å². The van der Waals surface area contributed by atoms with Gasteiger partial charge >= 0.3 is 0 Å². The molecule has 4 heteroatoms. The molecule has 0 aliphatic rings. The molecule has 2 heterocycles. The number of nitrogens with zero attached hydrogens (tertiary/aromatic N) is 2. The van der Waals surface area contributed by atoms with Crippen LogP contribution in [0.2, 0.25) is 0 Å². The summed E-state index contributed by atoms with van der Waals surface area (Å²) in [5.41, 5.74) is 3.94. The van der Waals surface area contributed by atoms with Gasteiger partial charge < -0.3 is 9.88 Å². The van der Waals surface area contributed by atoms with Crippen molar-refractivity contribution in [2.45, 2.75) is 26.4 Å². The molecule has 118 valence electrons. The fourth-order valence-corrected chi connectivity index (χ4v) is 2.78. The van der Waals surface area contributed by atoms with E-state index < -0.39 is 0 Å². The first-order valence-electron chi connectivity index (χ1n) is 7.80. The lowest BCUT2D eigenvalue weighted by atomic mass is 10.1. The summed E-state index contributed by atoms with van der Waals surface area (Å²) in [6, 6.07) is 14.0. The molecule has 1 atom stereocenters. The van der Waals surface area contributed by atoms with Gasteiger partial charge in [0.05, 0.1) is 11.2 Å². The number of aromatic nitrogens is 2. The van der Waals surface area contributed by atoms with Crippen LogP contribution in [0.4, 0.5) is 0 Å². The zero-order valence-electron chi connectivity index (χ0n) is 13.7. The van der Waals surface area contributed by atoms with Crippen LogP contribution in [0.3, 0.4) is 0 Å². The molecule has 4 nitrogen and oxygen atoms in total. The monoisotopic (exact) mass is 307 g/mol. The Kier molecular flexibility index (Phi) is 4.26. The lowest BCUT2D eigenvalue weighted by molar-refractivity contribution is 0.557. The van der Waals surface area contributed by atoms with Gasteiger partial charge in [0.25, 0.3) is 5.56 Å². The van der Waals surface area contributed by atoms with Crippen LogP contribution in [0.25, 0.3) is 10.9 Å². The maximum Gasteiger partial charge on any atom is 0.255 e. The molecule has 2 aromatic heterocycles. The number of pyridine rings is 2. The minimum Gasteiger partial charge on any atom is -0.311 e. The average molecular weight is 307 g/mol. The second kappa shape index (κ2) is 6.34. The SMILES string of the molecule is Cc1ccnc(C(C)NCc2cc3ccccc3n(C)c2=O)c1. The minimum atomic E-state index is 0.0422. The molecular formula is C19H21N3O. The number of aryl methyl sites for hydroxylation is 2. The Bertz CT molecular complexity index is 899. The molecule has 0 radical (unpaired) electrons. The molecule has 0 saturated heterocycles. The second-order valence-electron chi connectivity index (χ2n) is 5.95. The highest BCUT2D eigenvalue weighted by molar-refractivity contribution is 5.79. The molecule has 3 aromatic rings. The van der Waals surface area contributed by atoms with E-state index in [1.54, 1.807) is 4.57 Å². The van der Waals surface area contributed by atoms with Gasteiger partial charge in [-0.05, 0) is 49.1 Å². The van der Waals surface area contributed by atoms with Crippen LogP contribution in [-0.4, -0.2) is 9.55 Å². The van der Waals surface area contributed by atoms with Crippen molar-refractivity contribution in [3.63, 3.8) is 0 Å². The highest BCUT2D eigenvalue weighted by Gasteiger charge is 2.10. The highest BCUT2D eigenvalue weighted by atomic mass is 16.1. The molecule has 1 aromatic carbocycles. The summed E-state index contributed by atoms with van der Waals surface area (Å²) in [5.74, 6) is 0. The summed E-state index contributed by atoms with van der Waals surface area (Å²) in [4.78, 5) is 16.9. The number of benzene rings is 1. The number of nitrogens with one attached hydrogen (secondary N) is 1. The minimum absolute atomic E-state index is 0.0422. The van der Waals surface area contributed by atoms with E-state index in [0.717, 1.165) is 22.2 Å². The third kappa shape index (κ3) is 3.17. The summed E-state index contributed by atoms with van der Waals surface area (Å²) in [6.45, 7) is 4.64. The van der Waals surface area contributed by atoms with Crippen molar-refractivity contribution in [2.75, 3.05) is 0 Å². The van der Waals surface area contributed by atoms with Crippen LogP contribution in [0, 0.1) is 6.92 Å². The Balaban J connectivity index is 1.84. The van der Waals surface area contributed by atoms with E-state index in [9.17, 15) is 4.79 Å². The molecule has 0 fully saturated rings. The summed E-state index contributed by atoms with van der Waals surface area (Å²) in [6.07, 6.45) is 1.82. The Morgan fingerprint density at radius 1 is 1.22 bits per heavy atom. The number of fused-ring (bicyclic) bond motifs is 1. The molecule has 3 rings (SSSR count). The van der Waals surface area contributed by atoms with Gasteiger partial charge in [0.1, 0.15) is 0 Å². The van der Waals surface area contributed by atoms with Gasteiger partial charge in [-0.1, -0.05) is 18.2 Å². The Labute approximate surface area is 135 Å². The van der Waals surface area contributed by atoms with Crippen molar-refractivity contribution in [3.8, 4) is 0 Å². The zero-order valence-corrected chi connectivity index (χ0v) is 13.7. The largest absolute Gasteiger partial charge is 0.311 e. The summed E-state index contributed by atoms with van der Waals surface area (Å²) in [5, 5.41) is 4.48. The quantitative estimate of drug-likeness (QED) is 0.805. The number of para-hydroxylation sites is 1. The lowest BCUT2D eigenvalue weighted by Crippen LogP contribution is -2.27. The van der Waals surface area contributed by atoms with Crippen molar-refractivity contribution in [2.24, 2.45) is 7.05 Å². The van der Waals surface area contributed by atoms with E-state index in [4.69, 9.17) is 0 Å². The first kappa shape index (κ1) is 15.4. The highest BCUT2D eigenvalue weighted by Crippen LogP contribution is 2.14. The molecule has 1 unspecified atom stereocenters. The predicted octanol–water partition coefficient (Wildman–Crippen LogP) is 3.09. The standard InChI is InChI=1S/C19H21N3O/c1-13-8-9-20-17(10-13)14(2)21-12-16-11-15-6-4-5-7-18(15)22(3)19(16)23/h4-11,14,21H,12H2,1-3H3. The first-order chi connectivity index (χ1) is 11.1. The van der Waals surface area contributed by atoms with Crippen LogP contribution in [-0.2, 0) is 13.6 Å². The molecule has 0 bridgehead atoms. The summed E-state index contributed by atoms with van der Waals surface area (Å²) in [7, 11) is 1.82. The topological polar surface area (TPSA) is 46.9 Å². The van der Waals surface area contributed by atoms with Gasteiger partial charge in [-0.15, -0.1) is 0 Å². The van der Waals surface area contributed by atoms with Crippen molar-refractivity contribution in [1.29, 1.82) is 0 Å². The van der Waals surface area contributed by atoms with Crippen molar-refractivity contribution >= 4 is 10.9 Å². The molecule has 0 spiro atoms. The van der Waals surface area contributed by atoms with E-state index in [1.807, 2.05) is 49.6 Å². The van der Waals surface area contributed by atoms with Gasteiger partial charge in [0.2, 0.25) is 0 Å². The number of hydrogen-bond donors (Lipinski definition) is 1. The summed E-state index contributed by atoms with van der Waals surface area (Å²) >= 11 is 0. The molecule has 0 aliphatic heterocycles. The average Bonchev–Trinajstić information content (AvgIpc) is 2.56. The van der Waals surface area contributed by atoms with Crippen molar-refractivity contribution < 1.29 is 0 Å². The van der Waals surface area contributed by atoms with Crippen LogP contribution in [0.5, 0.6) is 0 Å². The molecule has 23 heavy (non-hydrogen) atoms. The van der Waals surface area contributed by atoms with Gasteiger partial charge in [-0.25, -0.2) is 0 Å². The van der Waals surface area contributed by atoms with Crippen molar-refractivity contribution in [3.05, 3.63) is 75.8 Å². The fraction of sp³-hybridized carbons (Fsp3) is 0.263. The van der Waals surface area contributed by atoms with Gasteiger partial charge in [-0.3, -0.25) is 9.78 Å². The van der Waals surface area contributed by atoms with E-state index >= 15 is 0 Å². The molecule has 0 aliphatic carbocycles. The van der Waals surface area contributed by atoms with Gasteiger partial charge in [0.15, 0.2) is 0 Å². The number of rotatable bonds is 4. The van der Waals surface area contributed by atoms with Crippen LogP contribution >= 0.6 is 0 Å². The van der Waals surface area contributed by atoms with Crippen LogP contribution < -0.4 is 10.9 Å². The van der Waals surface area contributed by atoms with Crippen LogP contribution in [0.15, 0.2) is 53.5 Å². The summed E-state index contributed by atoms with van der Waals surface area (Å²) < 4.78 is 1.71. The van der Waals surface area contributed by atoms with E-state index in [-0.39, 0.29) is 11.6 Å². The Morgan fingerprint density at radius 2 is 2.00 bits per heavy atom. The van der Waals surface area contributed by atoms with Crippen LogP contribution in [0.1, 0.15) is 29.8 Å². The maximum absolute atomic E-state index is 12.5. The van der Waals surface area contributed by atoms with E-state index in [1.165, 1.54) is 5.56 Å². The predicted molar refractivity (Wildman–Crippen MR) is 93.4 cm³/mol.